The lowest BCUT2D eigenvalue weighted by Crippen LogP contribution is -2.50. The minimum atomic E-state index is -0.767. The van der Waals surface area contributed by atoms with Crippen LogP contribution < -0.4 is 0 Å². The van der Waals surface area contributed by atoms with E-state index in [0.717, 1.165) is 10.0 Å². The highest BCUT2D eigenvalue weighted by molar-refractivity contribution is 6.08. The summed E-state index contributed by atoms with van der Waals surface area (Å²) in [5, 5.41) is 13.4. The lowest BCUT2D eigenvalue weighted by Gasteiger charge is -2.30. The van der Waals surface area contributed by atoms with Gasteiger partial charge >= 0.3 is 0 Å². The van der Waals surface area contributed by atoms with Crippen LogP contribution in [0.25, 0.3) is 0 Å². The summed E-state index contributed by atoms with van der Waals surface area (Å²) in [5.41, 5.74) is 0.137. The van der Waals surface area contributed by atoms with E-state index in [9.17, 15) is 24.5 Å². The molecule has 2 aliphatic rings. The van der Waals surface area contributed by atoms with E-state index in [2.05, 4.69) is 0 Å². The van der Waals surface area contributed by atoms with Gasteiger partial charge in [-0.1, -0.05) is 61.5 Å². The second-order valence-electron chi connectivity index (χ2n) is 7.77. The number of rotatable bonds is 5. The quantitative estimate of drug-likeness (QED) is 0.320. The molecule has 0 radical (unpaired) electrons. The van der Waals surface area contributed by atoms with Crippen LogP contribution in [-0.4, -0.2) is 32.7 Å². The molecular formula is C23H21N3O5. The predicted molar refractivity (Wildman–Crippen MR) is 111 cm³/mol. The van der Waals surface area contributed by atoms with Crippen molar-refractivity contribution < 1.29 is 19.3 Å². The van der Waals surface area contributed by atoms with Crippen LogP contribution in [0.5, 0.6) is 0 Å². The van der Waals surface area contributed by atoms with E-state index in [4.69, 9.17) is 0 Å². The summed E-state index contributed by atoms with van der Waals surface area (Å²) < 4.78 is 0. The highest BCUT2D eigenvalue weighted by Gasteiger charge is 2.53. The molecule has 0 spiro atoms. The number of hydrogen-bond acceptors (Lipinski definition) is 5. The summed E-state index contributed by atoms with van der Waals surface area (Å²) in [5.74, 6) is -2.89. The number of nitro groups is 1. The van der Waals surface area contributed by atoms with Gasteiger partial charge in [-0.3, -0.25) is 24.5 Å². The van der Waals surface area contributed by atoms with Gasteiger partial charge in [0.2, 0.25) is 0 Å². The van der Waals surface area contributed by atoms with Gasteiger partial charge in [0.05, 0.1) is 23.3 Å². The zero-order valence-electron chi connectivity index (χ0n) is 16.9. The minimum absolute atomic E-state index is 0.0650. The Labute approximate surface area is 178 Å². The predicted octanol–water partition coefficient (Wildman–Crippen LogP) is 3.35. The first-order chi connectivity index (χ1) is 14.9. The highest BCUT2D eigenvalue weighted by atomic mass is 16.6. The van der Waals surface area contributed by atoms with Crippen molar-refractivity contribution in [2.45, 2.75) is 19.9 Å². The van der Waals surface area contributed by atoms with Crippen LogP contribution in [0.1, 0.15) is 29.3 Å². The maximum atomic E-state index is 13.5. The Morgan fingerprint density at radius 3 is 2.45 bits per heavy atom. The summed E-state index contributed by atoms with van der Waals surface area (Å²) in [6.07, 6.45) is 4.21. The molecule has 1 fully saturated rings. The van der Waals surface area contributed by atoms with E-state index < -0.39 is 34.5 Å². The van der Waals surface area contributed by atoms with Gasteiger partial charge in [-0.15, -0.1) is 0 Å². The first-order valence-electron chi connectivity index (χ1n) is 10.0. The van der Waals surface area contributed by atoms with Crippen LogP contribution in [0.15, 0.2) is 66.7 Å². The molecule has 8 nitrogen and oxygen atoms in total. The zero-order valence-corrected chi connectivity index (χ0v) is 16.9. The average Bonchev–Trinajstić information content (AvgIpc) is 3.03. The molecule has 1 heterocycles. The van der Waals surface area contributed by atoms with E-state index >= 15 is 0 Å². The van der Waals surface area contributed by atoms with Gasteiger partial charge in [0.1, 0.15) is 5.56 Å². The maximum absolute atomic E-state index is 13.5. The number of hydrogen-bond donors (Lipinski definition) is 0. The number of hydrazine groups is 1. The second-order valence-corrected chi connectivity index (χ2v) is 7.77. The van der Waals surface area contributed by atoms with Crippen molar-refractivity contribution in [3.63, 3.8) is 0 Å². The van der Waals surface area contributed by atoms with Crippen molar-refractivity contribution in [3.8, 4) is 0 Å². The molecule has 1 aliphatic heterocycles. The maximum Gasteiger partial charge on any atom is 0.282 e. The number of para-hydroxylation sites is 1. The molecule has 4 rings (SSSR count). The number of nitro benzene ring substituents is 1. The van der Waals surface area contributed by atoms with Crippen LogP contribution in [-0.2, 0) is 16.1 Å². The average molecular weight is 419 g/mol. The Balaban J connectivity index is 1.77. The van der Waals surface area contributed by atoms with Gasteiger partial charge in [-0.25, -0.2) is 5.01 Å². The van der Waals surface area contributed by atoms with Crippen molar-refractivity contribution in [2.75, 3.05) is 0 Å². The molecule has 158 valence electrons. The minimum Gasteiger partial charge on any atom is -0.272 e. The molecule has 2 aromatic rings. The summed E-state index contributed by atoms with van der Waals surface area (Å²) in [7, 11) is 0. The van der Waals surface area contributed by atoms with Gasteiger partial charge in [-0.05, 0) is 24.0 Å². The van der Waals surface area contributed by atoms with Crippen LogP contribution in [0.2, 0.25) is 0 Å². The number of nitrogens with zero attached hydrogens (tertiary/aromatic N) is 3. The van der Waals surface area contributed by atoms with Gasteiger partial charge < -0.3 is 0 Å². The molecule has 0 N–H and O–H groups in total. The Bertz CT molecular complexity index is 1080. The fourth-order valence-corrected chi connectivity index (χ4v) is 4.31. The van der Waals surface area contributed by atoms with Crippen LogP contribution in [0, 0.1) is 27.9 Å². The monoisotopic (exact) mass is 419 g/mol. The fraction of sp³-hybridized carbons (Fsp3) is 0.261. The van der Waals surface area contributed by atoms with E-state index in [-0.39, 0.29) is 23.7 Å². The van der Waals surface area contributed by atoms with Crippen molar-refractivity contribution in [2.24, 2.45) is 17.8 Å². The normalized spacial score (nSPS) is 22.4. The third kappa shape index (κ3) is 3.61. The van der Waals surface area contributed by atoms with Crippen LogP contribution in [0.3, 0.4) is 0 Å². The van der Waals surface area contributed by atoms with E-state index in [1.807, 2.05) is 25.1 Å². The van der Waals surface area contributed by atoms with Gasteiger partial charge in [0.15, 0.2) is 0 Å². The molecule has 0 aromatic heterocycles. The van der Waals surface area contributed by atoms with E-state index in [0.29, 0.717) is 12.0 Å². The summed E-state index contributed by atoms with van der Waals surface area (Å²) in [6.45, 7) is 1.80. The topological polar surface area (TPSA) is 101 Å². The molecule has 31 heavy (non-hydrogen) atoms. The van der Waals surface area contributed by atoms with Crippen molar-refractivity contribution in [1.82, 2.24) is 10.0 Å². The molecule has 3 amide bonds. The smallest absolute Gasteiger partial charge is 0.272 e. The largest absolute Gasteiger partial charge is 0.282 e. The van der Waals surface area contributed by atoms with E-state index in [1.165, 1.54) is 24.3 Å². The number of benzene rings is 2. The number of carbonyl (C=O) groups is 3. The Hall–Kier alpha value is -3.81. The third-order valence-corrected chi connectivity index (χ3v) is 5.83. The summed E-state index contributed by atoms with van der Waals surface area (Å²) in [6, 6.07) is 14.4. The SMILES string of the molecule is C[C@@H]1C=CC[C@H]2C(=O)N(N(Cc3ccccc3)C(=O)c3ccccc3[N+](=O)[O-])C(=O)[C@@H]12. The van der Waals surface area contributed by atoms with E-state index in [1.54, 1.807) is 24.3 Å². The Morgan fingerprint density at radius 2 is 1.77 bits per heavy atom. The lowest BCUT2D eigenvalue weighted by molar-refractivity contribution is -0.385. The van der Waals surface area contributed by atoms with Gasteiger partial charge in [-0.2, -0.15) is 5.01 Å². The first-order valence-corrected chi connectivity index (χ1v) is 10.0. The summed E-state index contributed by atoms with van der Waals surface area (Å²) >= 11 is 0. The lowest BCUT2D eigenvalue weighted by atomic mass is 9.78. The molecule has 0 saturated carbocycles. The molecule has 3 atom stereocenters. The molecule has 1 aliphatic carbocycles. The fourth-order valence-electron chi connectivity index (χ4n) is 4.31. The molecule has 1 saturated heterocycles. The van der Waals surface area contributed by atoms with Crippen LogP contribution >= 0.6 is 0 Å². The van der Waals surface area contributed by atoms with Crippen molar-refractivity contribution in [3.05, 3.63) is 88.0 Å². The molecule has 0 bridgehead atoms. The third-order valence-electron chi connectivity index (χ3n) is 5.83. The molecular weight excluding hydrogens is 398 g/mol. The molecule has 0 unspecified atom stereocenters. The van der Waals surface area contributed by atoms with Gasteiger partial charge in [0, 0.05) is 6.07 Å². The van der Waals surface area contributed by atoms with Crippen LogP contribution in [0.4, 0.5) is 5.69 Å². The Morgan fingerprint density at radius 1 is 1.10 bits per heavy atom. The number of amides is 3. The van der Waals surface area contributed by atoms with Crippen molar-refractivity contribution in [1.29, 1.82) is 0 Å². The Kier molecular flexibility index (Phi) is 5.37. The number of carbonyl (C=O) groups excluding carboxylic acids is 3. The second kappa shape index (κ2) is 8.14. The first kappa shape index (κ1) is 20.5. The van der Waals surface area contributed by atoms with Gasteiger partial charge in [0.25, 0.3) is 23.4 Å². The molecule has 8 heteroatoms. The number of allylic oxidation sites excluding steroid dienone is 2. The standard InChI is InChI=1S/C23H21N3O5/c1-15-8-7-12-18-20(15)23(29)25(22(18)28)24(14-16-9-3-2-4-10-16)21(27)17-11-5-6-13-19(17)26(30)31/h2-11,13,15,18,20H,12,14H2,1H3/t15-,18-,20+/m1/s1. The summed E-state index contributed by atoms with van der Waals surface area (Å²) in [4.78, 5) is 50.9. The zero-order chi connectivity index (χ0) is 22.1. The van der Waals surface area contributed by atoms with Crippen molar-refractivity contribution >= 4 is 23.4 Å². The highest BCUT2D eigenvalue weighted by Crippen LogP contribution is 2.39. The molecule has 2 aromatic carbocycles. The number of fused-ring (bicyclic) bond motifs is 1. The number of imide groups is 1.